The maximum Gasteiger partial charge on any atom is 0.264 e. The smallest absolute Gasteiger partial charge is 0.264 e. The topological polar surface area (TPSA) is 59.3 Å². The molecule has 0 unspecified atom stereocenters. The number of halogens is 1. The summed E-state index contributed by atoms with van der Waals surface area (Å²) < 4.78 is 0.772. The van der Waals surface area contributed by atoms with Crippen LogP contribution in [0.15, 0.2) is 45.8 Å². The van der Waals surface area contributed by atoms with E-state index < -0.39 is 4.92 Å². The van der Waals surface area contributed by atoms with E-state index in [1.165, 1.54) is 11.8 Å². The van der Waals surface area contributed by atoms with Gasteiger partial charge >= 0.3 is 0 Å². The lowest BCUT2D eigenvalue weighted by molar-refractivity contribution is -0.403. The largest absolute Gasteiger partial charge is 0.332 e. The van der Waals surface area contributed by atoms with E-state index >= 15 is 0 Å². The number of thioether (sulfide) groups is 1. The quantitative estimate of drug-likeness (QED) is 0.488. The van der Waals surface area contributed by atoms with E-state index in [2.05, 4.69) is 20.9 Å². The van der Waals surface area contributed by atoms with Crippen molar-refractivity contribution in [3.05, 3.63) is 61.4 Å². The van der Waals surface area contributed by atoms with E-state index in [0.717, 1.165) is 16.4 Å². The van der Waals surface area contributed by atoms with Crippen LogP contribution < -0.4 is 0 Å². The van der Waals surface area contributed by atoms with E-state index in [1.54, 1.807) is 6.20 Å². The molecule has 17 heavy (non-hydrogen) atoms. The van der Waals surface area contributed by atoms with Gasteiger partial charge in [0, 0.05) is 18.9 Å². The number of nitro groups is 1. The molecule has 0 saturated carbocycles. The Morgan fingerprint density at radius 2 is 2.41 bits per heavy atom. The van der Waals surface area contributed by atoms with Gasteiger partial charge in [0.25, 0.3) is 6.20 Å². The van der Waals surface area contributed by atoms with Gasteiger partial charge in [0.15, 0.2) is 5.03 Å². The fourth-order valence-corrected chi connectivity index (χ4v) is 2.33. The fraction of sp³-hybridized carbons (Fsp3) is 0.100. The predicted octanol–water partition coefficient (Wildman–Crippen LogP) is 2.94. The van der Waals surface area contributed by atoms with Crippen LogP contribution in [0, 0.1) is 10.1 Å². The van der Waals surface area contributed by atoms with Crippen molar-refractivity contribution in [2.75, 3.05) is 0 Å². The molecule has 1 aromatic heterocycles. The van der Waals surface area contributed by atoms with Crippen LogP contribution in [0.4, 0.5) is 0 Å². The minimum absolute atomic E-state index is 0.442. The van der Waals surface area contributed by atoms with Crippen LogP contribution in [0.25, 0.3) is 0 Å². The normalized spacial score (nSPS) is 16.8. The van der Waals surface area contributed by atoms with Crippen LogP contribution in [-0.4, -0.2) is 14.8 Å². The minimum atomic E-state index is -0.442. The Morgan fingerprint density at radius 1 is 1.59 bits per heavy atom. The molecule has 0 fully saturated rings. The lowest BCUT2D eigenvalue weighted by Crippen LogP contribution is -2.12. The highest BCUT2D eigenvalue weighted by molar-refractivity contribution is 9.10. The van der Waals surface area contributed by atoms with Crippen molar-refractivity contribution in [3.8, 4) is 0 Å². The molecule has 0 saturated heterocycles. The molecular formula is C10H8BrN3O2S. The van der Waals surface area contributed by atoms with Crippen LogP contribution in [0.5, 0.6) is 0 Å². The molecule has 0 spiro atoms. The van der Waals surface area contributed by atoms with Gasteiger partial charge in [-0.2, -0.15) is 0 Å². The zero-order valence-electron chi connectivity index (χ0n) is 8.62. The average molecular weight is 314 g/mol. The van der Waals surface area contributed by atoms with Crippen molar-refractivity contribution in [1.82, 2.24) is 9.88 Å². The Bertz CT molecular complexity index is 487. The molecule has 0 N–H and O–H groups in total. The zero-order valence-corrected chi connectivity index (χ0v) is 11.0. The first-order chi connectivity index (χ1) is 8.15. The standard InChI is InChI=1S/C10H8BrN3O2S/c11-9-2-1-8(5-12-9)6-13-3-4-17-10(13)7-14(15)16/h1-5,7H,6H2. The highest BCUT2D eigenvalue weighted by atomic mass is 79.9. The minimum Gasteiger partial charge on any atom is -0.332 e. The van der Waals surface area contributed by atoms with E-state index in [-0.39, 0.29) is 0 Å². The summed E-state index contributed by atoms with van der Waals surface area (Å²) in [5.41, 5.74) is 0.995. The molecule has 5 nitrogen and oxygen atoms in total. The van der Waals surface area contributed by atoms with Crippen LogP contribution in [-0.2, 0) is 6.54 Å². The molecule has 2 rings (SSSR count). The number of hydrogen-bond acceptors (Lipinski definition) is 5. The molecule has 1 aromatic rings. The molecule has 7 heteroatoms. The van der Waals surface area contributed by atoms with Crippen molar-refractivity contribution in [1.29, 1.82) is 0 Å². The molecule has 0 atom stereocenters. The van der Waals surface area contributed by atoms with Crippen LogP contribution in [0.2, 0.25) is 0 Å². The monoisotopic (exact) mass is 313 g/mol. The summed E-state index contributed by atoms with van der Waals surface area (Å²) in [6.45, 7) is 0.573. The molecule has 0 radical (unpaired) electrons. The summed E-state index contributed by atoms with van der Waals surface area (Å²) in [4.78, 5) is 15.9. The lowest BCUT2D eigenvalue weighted by atomic mass is 10.3. The Labute approximate surface area is 110 Å². The summed E-state index contributed by atoms with van der Waals surface area (Å²) in [6, 6.07) is 3.77. The molecule has 88 valence electrons. The molecule has 0 aromatic carbocycles. The number of pyridine rings is 1. The highest BCUT2D eigenvalue weighted by Gasteiger charge is 2.16. The van der Waals surface area contributed by atoms with Crippen molar-refractivity contribution in [2.45, 2.75) is 6.54 Å². The molecule has 0 amide bonds. The van der Waals surface area contributed by atoms with Crippen molar-refractivity contribution < 1.29 is 4.92 Å². The van der Waals surface area contributed by atoms with Gasteiger partial charge in [0.05, 0.1) is 4.92 Å². The summed E-state index contributed by atoms with van der Waals surface area (Å²) in [5, 5.41) is 12.9. The molecule has 0 aliphatic carbocycles. The summed E-state index contributed by atoms with van der Waals surface area (Å²) in [5.74, 6) is 0. The van der Waals surface area contributed by atoms with E-state index in [9.17, 15) is 10.1 Å². The first-order valence-corrected chi connectivity index (χ1v) is 6.38. The molecule has 1 aliphatic rings. The van der Waals surface area contributed by atoms with Gasteiger partial charge in [0.1, 0.15) is 4.60 Å². The number of rotatable bonds is 3. The van der Waals surface area contributed by atoms with Crippen molar-refractivity contribution >= 4 is 27.7 Å². The number of aromatic nitrogens is 1. The fourth-order valence-electron chi connectivity index (χ4n) is 1.34. The Hall–Kier alpha value is -1.34. The zero-order chi connectivity index (χ0) is 12.3. The highest BCUT2D eigenvalue weighted by Crippen LogP contribution is 2.30. The van der Waals surface area contributed by atoms with Gasteiger partial charge in [-0.15, -0.1) is 0 Å². The van der Waals surface area contributed by atoms with Gasteiger partial charge in [-0.1, -0.05) is 17.8 Å². The third-order valence-electron chi connectivity index (χ3n) is 2.07. The van der Waals surface area contributed by atoms with E-state index in [0.29, 0.717) is 11.6 Å². The maximum atomic E-state index is 10.4. The number of hydrogen-bond donors (Lipinski definition) is 0. The first-order valence-electron chi connectivity index (χ1n) is 4.71. The summed E-state index contributed by atoms with van der Waals surface area (Å²) >= 11 is 4.60. The Morgan fingerprint density at radius 3 is 3.06 bits per heavy atom. The van der Waals surface area contributed by atoms with Crippen LogP contribution in [0.1, 0.15) is 5.56 Å². The second-order valence-corrected chi connectivity index (χ2v) is 5.01. The first kappa shape index (κ1) is 12.1. The van der Waals surface area contributed by atoms with Gasteiger partial charge in [-0.25, -0.2) is 4.98 Å². The van der Waals surface area contributed by atoms with Crippen LogP contribution in [0.3, 0.4) is 0 Å². The third-order valence-corrected chi connectivity index (χ3v) is 3.38. The lowest BCUT2D eigenvalue weighted by Gasteiger charge is -2.15. The van der Waals surface area contributed by atoms with Crippen molar-refractivity contribution in [3.63, 3.8) is 0 Å². The molecular weight excluding hydrogens is 306 g/mol. The van der Waals surface area contributed by atoms with E-state index in [4.69, 9.17) is 0 Å². The Balaban J connectivity index is 2.10. The second kappa shape index (κ2) is 5.33. The number of nitrogens with zero attached hydrogens (tertiary/aromatic N) is 3. The van der Waals surface area contributed by atoms with Crippen LogP contribution >= 0.6 is 27.7 Å². The van der Waals surface area contributed by atoms with Gasteiger partial charge in [-0.05, 0) is 33.0 Å². The second-order valence-electron chi connectivity index (χ2n) is 3.27. The van der Waals surface area contributed by atoms with E-state index in [1.807, 2.05) is 28.6 Å². The van der Waals surface area contributed by atoms with Gasteiger partial charge in [0.2, 0.25) is 0 Å². The molecule has 0 bridgehead atoms. The summed E-state index contributed by atoms with van der Waals surface area (Å²) in [6.07, 6.45) is 4.57. The summed E-state index contributed by atoms with van der Waals surface area (Å²) in [7, 11) is 0. The average Bonchev–Trinajstić information content (AvgIpc) is 2.68. The molecule has 2 heterocycles. The van der Waals surface area contributed by atoms with Gasteiger partial charge < -0.3 is 4.90 Å². The van der Waals surface area contributed by atoms with Crippen molar-refractivity contribution in [2.24, 2.45) is 0 Å². The SMILES string of the molecule is O=[N+]([O-])C=C1SC=CN1Cc1ccc(Br)nc1. The third kappa shape index (κ3) is 3.31. The Kier molecular flexibility index (Phi) is 3.80. The maximum absolute atomic E-state index is 10.4. The molecule has 1 aliphatic heterocycles. The van der Waals surface area contributed by atoms with Gasteiger partial charge in [-0.3, -0.25) is 10.1 Å². The predicted molar refractivity (Wildman–Crippen MR) is 69.3 cm³/mol.